The van der Waals surface area contributed by atoms with Crippen LogP contribution in [-0.2, 0) is 4.79 Å². The number of nitrogens with one attached hydrogen (secondary N) is 1. The third-order valence-electron chi connectivity index (χ3n) is 2.89. The number of nitrogens with zero attached hydrogens (tertiary/aromatic N) is 1. The minimum atomic E-state index is -0.225. The summed E-state index contributed by atoms with van der Waals surface area (Å²) in [6.07, 6.45) is 1.88. The average molecular weight is 316 g/mol. The smallest absolute Gasteiger partial charge is 0.264 e. The predicted octanol–water partition coefficient (Wildman–Crippen LogP) is 1.05. The first kappa shape index (κ1) is 17.0. The van der Waals surface area contributed by atoms with Gasteiger partial charge in [0.1, 0.15) is 0 Å². The van der Waals surface area contributed by atoms with Crippen molar-refractivity contribution >= 4 is 34.9 Å². The normalized spacial score (nSPS) is 13.6. The van der Waals surface area contributed by atoms with E-state index < -0.39 is 0 Å². The molecule has 20 heavy (non-hydrogen) atoms. The van der Waals surface area contributed by atoms with E-state index in [1.165, 1.54) is 28.0 Å². The molecule has 0 aliphatic rings. The highest BCUT2D eigenvalue weighted by Gasteiger charge is 2.20. The molecule has 1 aromatic heterocycles. The zero-order valence-corrected chi connectivity index (χ0v) is 13.5. The number of thiophene rings is 1. The van der Waals surface area contributed by atoms with Crippen LogP contribution in [0.15, 0.2) is 17.5 Å². The fourth-order valence-corrected chi connectivity index (χ4v) is 3.05. The number of hydrogen-bond acceptors (Lipinski definition) is 5. The van der Waals surface area contributed by atoms with Gasteiger partial charge in [-0.1, -0.05) is 6.07 Å². The van der Waals surface area contributed by atoms with E-state index in [-0.39, 0.29) is 36.3 Å². The van der Waals surface area contributed by atoms with Crippen molar-refractivity contribution in [1.29, 1.82) is 0 Å². The second-order valence-electron chi connectivity index (χ2n) is 4.45. The SMILES string of the molecule is CSC(CO)C(C)NC(=O)CN(C)C(=O)c1cccs1. The Balaban J connectivity index is 2.47. The Labute approximate surface area is 127 Å². The molecule has 1 heterocycles. The maximum absolute atomic E-state index is 12.0. The number of aliphatic hydroxyl groups is 1. The Morgan fingerprint density at radius 1 is 1.55 bits per heavy atom. The molecule has 0 radical (unpaired) electrons. The molecular formula is C13H20N2O3S2. The molecule has 0 aliphatic heterocycles. The van der Waals surface area contributed by atoms with Crippen LogP contribution in [0.4, 0.5) is 0 Å². The Morgan fingerprint density at radius 3 is 2.75 bits per heavy atom. The number of carbonyl (C=O) groups is 2. The Morgan fingerprint density at radius 2 is 2.25 bits per heavy atom. The average Bonchev–Trinajstić information content (AvgIpc) is 2.92. The number of hydrogen-bond donors (Lipinski definition) is 2. The molecule has 2 unspecified atom stereocenters. The molecule has 0 saturated heterocycles. The van der Waals surface area contributed by atoms with E-state index >= 15 is 0 Å². The fourth-order valence-electron chi connectivity index (χ4n) is 1.70. The van der Waals surface area contributed by atoms with Crippen LogP contribution in [0.2, 0.25) is 0 Å². The number of likely N-dealkylation sites (N-methyl/N-ethyl adjacent to an activating group) is 1. The largest absolute Gasteiger partial charge is 0.395 e. The monoisotopic (exact) mass is 316 g/mol. The van der Waals surface area contributed by atoms with Gasteiger partial charge < -0.3 is 15.3 Å². The maximum Gasteiger partial charge on any atom is 0.264 e. The van der Waals surface area contributed by atoms with Crippen molar-refractivity contribution in [2.75, 3.05) is 26.5 Å². The summed E-state index contributed by atoms with van der Waals surface area (Å²) in [7, 11) is 1.60. The van der Waals surface area contributed by atoms with Gasteiger partial charge in [-0.05, 0) is 24.6 Å². The first-order valence-corrected chi connectivity index (χ1v) is 8.38. The summed E-state index contributed by atoms with van der Waals surface area (Å²) in [5, 5.41) is 13.8. The van der Waals surface area contributed by atoms with Gasteiger partial charge in [0.2, 0.25) is 5.91 Å². The van der Waals surface area contributed by atoms with Gasteiger partial charge in [-0.2, -0.15) is 11.8 Å². The molecule has 0 aromatic carbocycles. The lowest BCUT2D eigenvalue weighted by atomic mass is 10.2. The van der Waals surface area contributed by atoms with Gasteiger partial charge >= 0.3 is 0 Å². The standard InChI is InChI=1S/C13H20N2O3S2/c1-9(11(8-16)19-3)14-12(17)7-15(2)13(18)10-5-4-6-20-10/h4-6,9,11,16H,7-8H2,1-3H3,(H,14,17). The third-order valence-corrected chi connectivity index (χ3v) is 4.91. The molecule has 0 aliphatic carbocycles. The molecule has 2 N–H and O–H groups in total. The lowest BCUT2D eigenvalue weighted by Crippen LogP contribution is -2.46. The molecule has 2 atom stereocenters. The van der Waals surface area contributed by atoms with Crippen molar-refractivity contribution in [3.8, 4) is 0 Å². The lowest BCUT2D eigenvalue weighted by molar-refractivity contribution is -0.122. The summed E-state index contributed by atoms with van der Waals surface area (Å²) in [6.45, 7) is 1.86. The molecule has 0 saturated carbocycles. The van der Waals surface area contributed by atoms with Crippen LogP contribution in [0.25, 0.3) is 0 Å². The maximum atomic E-state index is 12.0. The van der Waals surface area contributed by atoms with Gasteiger partial charge in [0.05, 0.1) is 18.0 Å². The summed E-state index contributed by atoms with van der Waals surface area (Å²) >= 11 is 2.85. The number of aliphatic hydroxyl groups excluding tert-OH is 1. The van der Waals surface area contributed by atoms with Crippen molar-refractivity contribution in [3.05, 3.63) is 22.4 Å². The number of amides is 2. The highest BCUT2D eigenvalue weighted by atomic mass is 32.2. The molecule has 1 aromatic rings. The van der Waals surface area contributed by atoms with Crippen LogP contribution in [0, 0.1) is 0 Å². The topological polar surface area (TPSA) is 69.6 Å². The van der Waals surface area contributed by atoms with E-state index in [0.29, 0.717) is 4.88 Å². The summed E-state index contributed by atoms with van der Waals surface area (Å²) in [5.41, 5.74) is 0. The lowest BCUT2D eigenvalue weighted by Gasteiger charge is -2.23. The molecule has 112 valence electrons. The first-order chi connectivity index (χ1) is 9.49. The van der Waals surface area contributed by atoms with Crippen molar-refractivity contribution in [2.45, 2.75) is 18.2 Å². The van der Waals surface area contributed by atoms with E-state index in [1.807, 2.05) is 18.6 Å². The quantitative estimate of drug-likeness (QED) is 0.789. The fraction of sp³-hybridized carbons (Fsp3) is 0.538. The third kappa shape index (κ3) is 4.81. The molecule has 1 rings (SSSR count). The summed E-state index contributed by atoms with van der Waals surface area (Å²) in [5.74, 6) is -0.385. The summed E-state index contributed by atoms with van der Waals surface area (Å²) in [6, 6.07) is 3.39. The molecule has 5 nitrogen and oxygen atoms in total. The van der Waals surface area contributed by atoms with E-state index in [4.69, 9.17) is 5.11 Å². The van der Waals surface area contributed by atoms with E-state index in [0.717, 1.165) is 0 Å². The second-order valence-corrected chi connectivity index (χ2v) is 6.48. The van der Waals surface area contributed by atoms with Crippen LogP contribution < -0.4 is 5.32 Å². The predicted molar refractivity (Wildman–Crippen MR) is 83.3 cm³/mol. The minimum Gasteiger partial charge on any atom is -0.395 e. The van der Waals surface area contributed by atoms with Gasteiger partial charge in [-0.15, -0.1) is 11.3 Å². The Kier molecular flexibility index (Phi) is 7.04. The van der Waals surface area contributed by atoms with E-state index in [9.17, 15) is 9.59 Å². The summed E-state index contributed by atoms with van der Waals surface area (Å²) in [4.78, 5) is 25.9. The number of thioether (sulfide) groups is 1. The Bertz CT molecular complexity index is 433. The van der Waals surface area contributed by atoms with Crippen LogP contribution in [0.5, 0.6) is 0 Å². The van der Waals surface area contributed by atoms with Crippen LogP contribution in [0.3, 0.4) is 0 Å². The van der Waals surface area contributed by atoms with Gasteiger partial charge in [-0.25, -0.2) is 0 Å². The number of carbonyl (C=O) groups excluding carboxylic acids is 2. The molecule has 0 fully saturated rings. The zero-order chi connectivity index (χ0) is 15.1. The second kappa shape index (κ2) is 8.28. The molecule has 7 heteroatoms. The van der Waals surface area contributed by atoms with Crippen molar-refractivity contribution in [1.82, 2.24) is 10.2 Å². The molecular weight excluding hydrogens is 296 g/mol. The van der Waals surface area contributed by atoms with Crippen molar-refractivity contribution in [2.24, 2.45) is 0 Å². The summed E-state index contributed by atoms with van der Waals surface area (Å²) < 4.78 is 0. The van der Waals surface area contributed by atoms with Crippen LogP contribution in [0.1, 0.15) is 16.6 Å². The van der Waals surface area contributed by atoms with Gasteiger partial charge in [-0.3, -0.25) is 9.59 Å². The Hall–Kier alpha value is -1.05. The zero-order valence-electron chi connectivity index (χ0n) is 11.8. The minimum absolute atomic E-state index is 0.00653. The van der Waals surface area contributed by atoms with Crippen molar-refractivity contribution in [3.63, 3.8) is 0 Å². The van der Waals surface area contributed by atoms with Gasteiger partial charge in [0.25, 0.3) is 5.91 Å². The first-order valence-electron chi connectivity index (χ1n) is 6.21. The van der Waals surface area contributed by atoms with E-state index in [2.05, 4.69) is 5.32 Å². The van der Waals surface area contributed by atoms with Crippen LogP contribution in [-0.4, -0.2) is 59.6 Å². The molecule has 2 amide bonds. The van der Waals surface area contributed by atoms with Gasteiger partial charge in [0.15, 0.2) is 0 Å². The molecule has 0 bridgehead atoms. The van der Waals surface area contributed by atoms with E-state index in [1.54, 1.807) is 19.2 Å². The molecule has 0 spiro atoms. The van der Waals surface area contributed by atoms with Gasteiger partial charge in [0, 0.05) is 18.3 Å². The highest BCUT2D eigenvalue weighted by Crippen LogP contribution is 2.12. The van der Waals surface area contributed by atoms with Crippen molar-refractivity contribution < 1.29 is 14.7 Å². The van der Waals surface area contributed by atoms with Crippen LogP contribution >= 0.6 is 23.1 Å². The number of rotatable bonds is 7. The highest BCUT2D eigenvalue weighted by molar-refractivity contribution is 7.99.